The molecule has 1 fully saturated rings. The molecule has 1 saturated heterocycles. The van der Waals surface area contributed by atoms with Gasteiger partial charge in [0.25, 0.3) is 5.91 Å². The van der Waals surface area contributed by atoms with Crippen LogP contribution in [0.25, 0.3) is 0 Å². The zero-order valence-corrected chi connectivity index (χ0v) is 14.6. The molecule has 1 aliphatic heterocycles. The van der Waals surface area contributed by atoms with Crippen LogP contribution in [0.5, 0.6) is 0 Å². The first-order valence-electron chi connectivity index (χ1n) is 8.20. The van der Waals surface area contributed by atoms with Crippen LogP contribution in [0.1, 0.15) is 43.0 Å². The van der Waals surface area contributed by atoms with E-state index in [0.717, 1.165) is 6.42 Å². The Morgan fingerprint density at radius 2 is 1.92 bits per heavy atom. The zero-order valence-electron chi connectivity index (χ0n) is 13.8. The minimum atomic E-state index is -3.31. The molecule has 1 amide bonds. The number of hydrogen-bond acceptors (Lipinski definition) is 4. The molecule has 1 atom stereocenters. The van der Waals surface area contributed by atoms with Gasteiger partial charge in [-0.05, 0) is 43.5 Å². The minimum Gasteiger partial charge on any atom is -0.481 e. The van der Waals surface area contributed by atoms with Crippen LogP contribution in [0, 0.1) is 5.92 Å². The Labute approximate surface area is 142 Å². The van der Waals surface area contributed by atoms with Gasteiger partial charge in [-0.1, -0.05) is 13.3 Å². The van der Waals surface area contributed by atoms with Gasteiger partial charge in [0.15, 0.2) is 9.84 Å². The molecule has 1 aromatic rings. The fourth-order valence-electron chi connectivity index (χ4n) is 2.80. The van der Waals surface area contributed by atoms with Crippen molar-refractivity contribution in [3.63, 3.8) is 0 Å². The standard InChI is InChI=1S/C17H23NO5S/c1-2-3-11-24(22,23)15-8-6-13(7-9-15)16(19)18-10-4-5-14(12-18)17(20)21/h6-9,14H,2-5,10-12H2,1H3,(H,20,21). The molecular formula is C17H23NO5S. The predicted molar refractivity (Wildman–Crippen MR) is 89.7 cm³/mol. The first kappa shape index (κ1) is 18.4. The first-order chi connectivity index (χ1) is 11.3. The quantitative estimate of drug-likeness (QED) is 0.846. The molecule has 132 valence electrons. The third kappa shape index (κ3) is 4.35. The number of carbonyl (C=O) groups excluding carboxylic acids is 1. The maximum atomic E-state index is 12.5. The van der Waals surface area contributed by atoms with Gasteiger partial charge in [-0.3, -0.25) is 9.59 Å². The Morgan fingerprint density at radius 3 is 2.50 bits per heavy atom. The van der Waals surface area contributed by atoms with Crippen LogP contribution in [-0.2, 0) is 14.6 Å². The second-order valence-corrected chi connectivity index (χ2v) is 8.23. The van der Waals surface area contributed by atoms with Crippen LogP contribution in [0.15, 0.2) is 29.2 Å². The number of benzene rings is 1. The molecule has 1 N–H and O–H groups in total. The van der Waals surface area contributed by atoms with E-state index in [1.54, 1.807) is 0 Å². The number of likely N-dealkylation sites (tertiary alicyclic amines) is 1. The lowest BCUT2D eigenvalue weighted by molar-refractivity contribution is -0.143. The van der Waals surface area contributed by atoms with Crippen molar-refractivity contribution in [3.8, 4) is 0 Å². The van der Waals surface area contributed by atoms with Crippen LogP contribution in [0.2, 0.25) is 0 Å². The van der Waals surface area contributed by atoms with Gasteiger partial charge in [0.1, 0.15) is 0 Å². The Hall–Kier alpha value is -1.89. The third-order valence-corrected chi connectivity index (χ3v) is 6.10. The normalized spacial score (nSPS) is 18.4. The van der Waals surface area contributed by atoms with E-state index >= 15 is 0 Å². The molecule has 0 aromatic heterocycles. The molecular weight excluding hydrogens is 330 g/mol. The molecule has 0 spiro atoms. The van der Waals surface area contributed by atoms with Crippen molar-refractivity contribution in [1.82, 2.24) is 4.90 Å². The third-order valence-electron chi connectivity index (χ3n) is 4.28. The summed E-state index contributed by atoms with van der Waals surface area (Å²) in [6.07, 6.45) is 2.64. The van der Waals surface area contributed by atoms with Crippen molar-refractivity contribution in [2.45, 2.75) is 37.5 Å². The summed E-state index contributed by atoms with van der Waals surface area (Å²) >= 11 is 0. The van der Waals surface area contributed by atoms with E-state index in [9.17, 15) is 18.0 Å². The molecule has 0 radical (unpaired) electrons. The highest BCUT2D eigenvalue weighted by molar-refractivity contribution is 7.91. The van der Waals surface area contributed by atoms with Gasteiger partial charge in [0.2, 0.25) is 0 Å². The summed E-state index contributed by atoms with van der Waals surface area (Å²) in [6, 6.07) is 5.92. The monoisotopic (exact) mass is 353 g/mol. The topological polar surface area (TPSA) is 91.8 Å². The molecule has 24 heavy (non-hydrogen) atoms. The van der Waals surface area contributed by atoms with E-state index in [4.69, 9.17) is 5.11 Å². The van der Waals surface area contributed by atoms with Gasteiger partial charge in [-0.2, -0.15) is 0 Å². The van der Waals surface area contributed by atoms with E-state index in [0.29, 0.717) is 31.4 Å². The molecule has 1 unspecified atom stereocenters. The number of carboxylic acid groups (broad SMARTS) is 1. The van der Waals surface area contributed by atoms with Crippen molar-refractivity contribution in [2.75, 3.05) is 18.8 Å². The molecule has 1 aromatic carbocycles. The molecule has 2 rings (SSSR count). The molecule has 7 heteroatoms. The number of aliphatic carboxylic acids is 1. The van der Waals surface area contributed by atoms with E-state index in [2.05, 4.69) is 0 Å². The molecule has 0 saturated carbocycles. The van der Waals surface area contributed by atoms with Crippen LogP contribution < -0.4 is 0 Å². The molecule has 0 aliphatic carbocycles. The highest BCUT2D eigenvalue weighted by Gasteiger charge is 2.28. The average Bonchev–Trinajstić information content (AvgIpc) is 2.59. The molecule has 1 aliphatic rings. The number of hydrogen-bond donors (Lipinski definition) is 1. The summed E-state index contributed by atoms with van der Waals surface area (Å²) < 4.78 is 24.3. The fourth-order valence-corrected chi connectivity index (χ4v) is 4.26. The molecule has 6 nitrogen and oxygen atoms in total. The summed E-state index contributed by atoms with van der Waals surface area (Å²) in [5.74, 6) is -1.57. The Morgan fingerprint density at radius 1 is 1.25 bits per heavy atom. The largest absolute Gasteiger partial charge is 0.481 e. The number of amides is 1. The fraction of sp³-hybridized carbons (Fsp3) is 0.529. The van der Waals surface area contributed by atoms with Crippen molar-refractivity contribution in [2.24, 2.45) is 5.92 Å². The maximum Gasteiger partial charge on any atom is 0.308 e. The number of nitrogens with zero attached hydrogens (tertiary/aromatic N) is 1. The Kier molecular flexibility index (Phi) is 5.99. The highest BCUT2D eigenvalue weighted by atomic mass is 32.2. The molecule has 1 heterocycles. The number of sulfone groups is 1. The first-order valence-corrected chi connectivity index (χ1v) is 9.85. The van der Waals surface area contributed by atoms with Gasteiger partial charge in [0, 0.05) is 18.7 Å². The summed E-state index contributed by atoms with van der Waals surface area (Å²) in [5, 5.41) is 9.10. The number of rotatable bonds is 6. The van der Waals surface area contributed by atoms with E-state index < -0.39 is 21.7 Å². The van der Waals surface area contributed by atoms with Crippen LogP contribution >= 0.6 is 0 Å². The van der Waals surface area contributed by atoms with Crippen molar-refractivity contribution in [3.05, 3.63) is 29.8 Å². The zero-order chi connectivity index (χ0) is 17.7. The summed E-state index contributed by atoms with van der Waals surface area (Å²) in [5.41, 5.74) is 0.385. The van der Waals surface area contributed by atoms with Gasteiger partial charge in [-0.25, -0.2) is 8.42 Å². The SMILES string of the molecule is CCCCS(=O)(=O)c1ccc(C(=O)N2CCCC(C(=O)O)C2)cc1. The van der Waals surface area contributed by atoms with Crippen LogP contribution in [-0.4, -0.2) is 49.1 Å². The Balaban J connectivity index is 2.10. The Bertz CT molecular complexity index is 696. The van der Waals surface area contributed by atoms with Gasteiger partial charge < -0.3 is 10.0 Å². The lowest BCUT2D eigenvalue weighted by atomic mass is 9.97. The lowest BCUT2D eigenvalue weighted by Crippen LogP contribution is -2.42. The van der Waals surface area contributed by atoms with Crippen molar-refractivity contribution >= 4 is 21.7 Å². The second kappa shape index (κ2) is 7.79. The van der Waals surface area contributed by atoms with E-state index in [1.807, 2.05) is 6.92 Å². The average molecular weight is 353 g/mol. The van der Waals surface area contributed by atoms with Gasteiger partial charge in [0.05, 0.1) is 16.6 Å². The number of unbranched alkanes of at least 4 members (excludes halogenated alkanes) is 1. The summed E-state index contributed by atoms with van der Waals surface area (Å²) in [6.45, 7) is 2.66. The highest BCUT2D eigenvalue weighted by Crippen LogP contribution is 2.20. The van der Waals surface area contributed by atoms with Crippen molar-refractivity contribution < 1.29 is 23.1 Å². The second-order valence-electron chi connectivity index (χ2n) is 6.13. The summed E-state index contributed by atoms with van der Waals surface area (Å²) in [7, 11) is -3.31. The minimum absolute atomic E-state index is 0.100. The van der Waals surface area contributed by atoms with Crippen LogP contribution in [0.4, 0.5) is 0 Å². The van der Waals surface area contributed by atoms with Gasteiger partial charge >= 0.3 is 5.97 Å². The lowest BCUT2D eigenvalue weighted by Gasteiger charge is -2.30. The smallest absolute Gasteiger partial charge is 0.308 e. The number of carbonyl (C=O) groups is 2. The van der Waals surface area contributed by atoms with E-state index in [1.165, 1.54) is 29.2 Å². The van der Waals surface area contributed by atoms with Crippen LogP contribution in [0.3, 0.4) is 0 Å². The van der Waals surface area contributed by atoms with Crippen molar-refractivity contribution in [1.29, 1.82) is 0 Å². The predicted octanol–water partition coefficient (Wildman–Crippen LogP) is 2.20. The summed E-state index contributed by atoms with van der Waals surface area (Å²) in [4.78, 5) is 25.3. The number of piperidine rings is 1. The van der Waals surface area contributed by atoms with Gasteiger partial charge in [-0.15, -0.1) is 0 Å². The van der Waals surface area contributed by atoms with E-state index in [-0.39, 0.29) is 23.1 Å². The number of carboxylic acids is 1. The molecule has 0 bridgehead atoms. The maximum absolute atomic E-state index is 12.5.